The van der Waals surface area contributed by atoms with Gasteiger partial charge in [0.15, 0.2) is 0 Å². The second-order valence-corrected chi connectivity index (χ2v) is 6.59. The minimum atomic E-state index is -1.05. The van der Waals surface area contributed by atoms with Crippen LogP contribution < -0.4 is 0 Å². The van der Waals surface area contributed by atoms with Crippen molar-refractivity contribution in [3.63, 3.8) is 0 Å². The number of allylic oxidation sites excluding steroid dienone is 2. The van der Waals surface area contributed by atoms with E-state index in [1.54, 1.807) is 0 Å². The molecule has 1 saturated heterocycles. The van der Waals surface area contributed by atoms with Crippen LogP contribution in [0.4, 0.5) is 0 Å². The summed E-state index contributed by atoms with van der Waals surface area (Å²) in [6.07, 6.45) is 12.3. The number of hydrogen-bond acceptors (Lipinski definition) is 5. The third kappa shape index (κ3) is 8.58. The van der Waals surface area contributed by atoms with Gasteiger partial charge in [0.2, 0.25) is 0 Å². The lowest BCUT2D eigenvalue weighted by Crippen LogP contribution is -2.41. The minimum absolute atomic E-state index is 0.273. The van der Waals surface area contributed by atoms with Crippen LogP contribution >= 0.6 is 0 Å². The molecule has 0 aliphatic carbocycles. The number of rotatable bonds is 14. The van der Waals surface area contributed by atoms with E-state index in [-0.39, 0.29) is 6.61 Å². The van der Waals surface area contributed by atoms with Gasteiger partial charge in [-0.05, 0) is 25.7 Å². The summed E-state index contributed by atoms with van der Waals surface area (Å²) in [5.74, 6) is 0. The molecule has 1 fully saturated rings. The zero-order valence-corrected chi connectivity index (χ0v) is 15.1. The fourth-order valence-electron chi connectivity index (χ4n) is 2.97. The van der Waals surface area contributed by atoms with Gasteiger partial charge in [-0.1, -0.05) is 51.2 Å². The number of hydrogen-bond donors (Lipinski definition) is 3. The average molecular weight is 344 g/mol. The Balaban J connectivity index is 1.91. The van der Waals surface area contributed by atoms with Crippen LogP contribution in [0.2, 0.25) is 0 Å². The molecule has 142 valence electrons. The van der Waals surface area contributed by atoms with E-state index >= 15 is 0 Å². The van der Waals surface area contributed by atoms with Crippen LogP contribution in [-0.4, -0.2) is 59.6 Å². The van der Waals surface area contributed by atoms with Crippen LogP contribution in [-0.2, 0) is 9.47 Å². The van der Waals surface area contributed by atoms with E-state index < -0.39 is 31.0 Å². The summed E-state index contributed by atoms with van der Waals surface area (Å²) in [5.41, 5.74) is 0. The summed E-state index contributed by atoms with van der Waals surface area (Å²) in [5, 5.41) is 28.4. The van der Waals surface area contributed by atoms with E-state index in [4.69, 9.17) is 14.6 Å². The van der Waals surface area contributed by atoms with Crippen LogP contribution in [0.3, 0.4) is 0 Å². The molecule has 0 amide bonds. The van der Waals surface area contributed by atoms with Crippen LogP contribution in [0.25, 0.3) is 0 Å². The summed E-state index contributed by atoms with van der Waals surface area (Å²) < 4.78 is 10.9. The predicted octanol–water partition coefficient (Wildman–Crippen LogP) is 2.57. The molecule has 0 saturated carbocycles. The lowest BCUT2D eigenvalue weighted by Gasteiger charge is -2.20. The topological polar surface area (TPSA) is 79.2 Å². The Hall–Kier alpha value is -0.460. The largest absolute Gasteiger partial charge is 0.394 e. The van der Waals surface area contributed by atoms with Crippen molar-refractivity contribution in [2.24, 2.45) is 0 Å². The summed E-state index contributed by atoms with van der Waals surface area (Å²) in [4.78, 5) is 0. The third-order valence-electron chi connectivity index (χ3n) is 4.49. The van der Waals surface area contributed by atoms with Crippen molar-refractivity contribution in [2.45, 2.75) is 89.1 Å². The van der Waals surface area contributed by atoms with Crippen molar-refractivity contribution in [2.75, 3.05) is 19.8 Å². The van der Waals surface area contributed by atoms with Crippen molar-refractivity contribution in [3.05, 3.63) is 12.2 Å². The number of ether oxygens (including phenoxy) is 2. The predicted molar refractivity (Wildman–Crippen MR) is 94.9 cm³/mol. The van der Waals surface area contributed by atoms with Gasteiger partial charge in [0.1, 0.15) is 24.4 Å². The SMILES string of the molecule is CC/C=C/CCCCCCCCCO[C@@H]1CO[C@H]([C@@H](O)CO)[C@@H]1O. The molecule has 1 rings (SSSR count). The zero-order chi connectivity index (χ0) is 17.6. The normalized spacial score (nSPS) is 25.6. The van der Waals surface area contributed by atoms with E-state index in [0.717, 1.165) is 19.3 Å². The Morgan fingerprint density at radius 1 is 1.08 bits per heavy atom. The van der Waals surface area contributed by atoms with Gasteiger partial charge in [-0.2, -0.15) is 0 Å². The molecule has 1 heterocycles. The van der Waals surface area contributed by atoms with Gasteiger partial charge in [-0.3, -0.25) is 0 Å². The first-order chi connectivity index (χ1) is 11.7. The van der Waals surface area contributed by atoms with Gasteiger partial charge in [-0.15, -0.1) is 0 Å². The highest BCUT2D eigenvalue weighted by molar-refractivity contribution is 4.88. The molecule has 0 bridgehead atoms. The summed E-state index contributed by atoms with van der Waals surface area (Å²) in [6, 6.07) is 0. The average Bonchev–Trinajstić information content (AvgIpc) is 2.96. The Bertz CT molecular complexity index is 321. The molecule has 5 heteroatoms. The second kappa shape index (κ2) is 13.8. The minimum Gasteiger partial charge on any atom is -0.394 e. The maximum absolute atomic E-state index is 10.0. The highest BCUT2D eigenvalue weighted by atomic mass is 16.6. The molecule has 5 nitrogen and oxygen atoms in total. The molecule has 0 unspecified atom stereocenters. The highest BCUT2D eigenvalue weighted by Crippen LogP contribution is 2.20. The smallest absolute Gasteiger partial charge is 0.114 e. The molecule has 4 atom stereocenters. The van der Waals surface area contributed by atoms with Crippen LogP contribution in [0.5, 0.6) is 0 Å². The molecule has 24 heavy (non-hydrogen) atoms. The Morgan fingerprint density at radius 2 is 1.75 bits per heavy atom. The molecular weight excluding hydrogens is 308 g/mol. The molecule has 3 N–H and O–H groups in total. The van der Waals surface area contributed by atoms with E-state index in [9.17, 15) is 10.2 Å². The van der Waals surface area contributed by atoms with Gasteiger partial charge in [-0.25, -0.2) is 0 Å². The zero-order valence-electron chi connectivity index (χ0n) is 15.1. The van der Waals surface area contributed by atoms with Gasteiger partial charge >= 0.3 is 0 Å². The first kappa shape index (κ1) is 21.6. The lowest BCUT2D eigenvalue weighted by molar-refractivity contribution is -0.0730. The molecule has 0 aromatic heterocycles. The fraction of sp³-hybridized carbons (Fsp3) is 0.895. The maximum atomic E-state index is 10.0. The molecule has 0 aromatic carbocycles. The van der Waals surface area contributed by atoms with E-state index in [1.165, 1.54) is 38.5 Å². The van der Waals surface area contributed by atoms with Crippen LogP contribution in [0, 0.1) is 0 Å². The van der Waals surface area contributed by atoms with Gasteiger partial charge in [0.25, 0.3) is 0 Å². The first-order valence-corrected chi connectivity index (χ1v) is 9.55. The summed E-state index contributed by atoms with van der Waals surface area (Å²) in [7, 11) is 0. The second-order valence-electron chi connectivity index (χ2n) is 6.59. The highest BCUT2D eigenvalue weighted by Gasteiger charge is 2.40. The Labute approximate surface area is 146 Å². The maximum Gasteiger partial charge on any atom is 0.114 e. The Kier molecular flexibility index (Phi) is 12.4. The number of aliphatic hydroxyl groups excluding tert-OH is 3. The van der Waals surface area contributed by atoms with Crippen molar-refractivity contribution in [1.82, 2.24) is 0 Å². The van der Waals surface area contributed by atoms with Gasteiger partial charge < -0.3 is 24.8 Å². The van der Waals surface area contributed by atoms with E-state index in [1.807, 2.05) is 0 Å². The van der Waals surface area contributed by atoms with Crippen LogP contribution in [0.15, 0.2) is 12.2 Å². The van der Waals surface area contributed by atoms with Crippen LogP contribution in [0.1, 0.15) is 64.7 Å². The molecule has 0 spiro atoms. The van der Waals surface area contributed by atoms with Crippen molar-refractivity contribution in [3.8, 4) is 0 Å². The molecule has 1 aliphatic rings. The monoisotopic (exact) mass is 344 g/mol. The molecule has 1 aliphatic heterocycles. The summed E-state index contributed by atoms with van der Waals surface area (Å²) in [6.45, 7) is 2.63. The molecule has 0 aromatic rings. The molecule has 0 radical (unpaired) electrons. The third-order valence-corrected chi connectivity index (χ3v) is 4.49. The van der Waals surface area contributed by atoms with Gasteiger partial charge in [0.05, 0.1) is 13.2 Å². The van der Waals surface area contributed by atoms with Crippen molar-refractivity contribution >= 4 is 0 Å². The quantitative estimate of drug-likeness (QED) is 0.333. The standard InChI is InChI=1S/C19H36O5/c1-2-3-4-5-6-7-8-9-10-11-12-13-23-17-15-24-19(18(17)22)16(21)14-20/h3-4,16-22H,2,5-15H2,1H3/b4-3+/t16-,17+,18+,19+/m0/s1. The van der Waals surface area contributed by atoms with Crippen molar-refractivity contribution in [1.29, 1.82) is 0 Å². The van der Waals surface area contributed by atoms with E-state index in [2.05, 4.69) is 19.1 Å². The van der Waals surface area contributed by atoms with Crippen molar-refractivity contribution < 1.29 is 24.8 Å². The molecular formula is C19H36O5. The fourth-order valence-corrected chi connectivity index (χ4v) is 2.97. The van der Waals surface area contributed by atoms with Gasteiger partial charge in [0, 0.05) is 6.61 Å². The lowest BCUT2D eigenvalue weighted by atomic mass is 10.1. The number of aliphatic hydroxyl groups is 3. The van der Waals surface area contributed by atoms with E-state index in [0.29, 0.717) is 6.61 Å². The Morgan fingerprint density at radius 3 is 2.42 bits per heavy atom. The summed E-state index contributed by atoms with van der Waals surface area (Å²) >= 11 is 0. The number of unbranched alkanes of at least 4 members (excludes halogenated alkanes) is 7. The first-order valence-electron chi connectivity index (χ1n) is 9.55.